The molecule has 0 atom stereocenters. The van der Waals surface area contributed by atoms with Crippen LogP contribution in [0.2, 0.25) is 5.02 Å². The van der Waals surface area contributed by atoms with Gasteiger partial charge < -0.3 is 9.84 Å². The second-order valence-electron chi connectivity index (χ2n) is 7.11. The van der Waals surface area contributed by atoms with E-state index in [1.807, 2.05) is 0 Å². The molecule has 1 aromatic carbocycles. The van der Waals surface area contributed by atoms with Crippen LogP contribution in [0.25, 0.3) is 0 Å². The number of rotatable bonds is 7. The summed E-state index contributed by atoms with van der Waals surface area (Å²) < 4.78 is 32.1. The van der Waals surface area contributed by atoms with Crippen molar-refractivity contribution < 1.29 is 17.7 Å². The summed E-state index contributed by atoms with van der Waals surface area (Å²) in [5.74, 6) is 0.394. The Kier molecular flexibility index (Phi) is 6.30. The molecule has 1 amide bonds. The van der Waals surface area contributed by atoms with E-state index in [9.17, 15) is 13.2 Å². The topological polar surface area (TPSA) is 105 Å². The van der Waals surface area contributed by atoms with Crippen molar-refractivity contribution in [2.24, 2.45) is 0 Å². The summed E-state index contributed by atoms with van der Waals surface area (Å²) in [7, 11) is -3.71. The number of hydrogen-bond donors (Lipinski definition) is 1. The fraction of sp³-hybridized carbons (Fsp3) is 0.526. The molecule has 29 heavy (non-hydrogen) atoms. The van der Waals surface area contributed by atoms with Crippen molar-refractivity contribution in [3.05, 3.63) is 40.5 Å². The maximum atomic E-state index is 13.1. The van der Waals surface area contributed by atoms with E-state index in [1.54, 1.807) is 20.8 Å². The number of sulfonamides is 1. The standard InChI is InChI=1S/C19H25ClN4O4S/c1-4-24(5-2)29(26,27)14-8-9-16(20)15(12-14)17(25)22-19(10-6-7-11-19)18-21-13(3)28-23-18/h8-9,12H,4-7,10-11H2,1-3H3,(H,22,25). The minimum absolute atomic E-state index is 0.0339. The van der Waals surface area contributed by atoms with Gasteiger partial charge in [0.25, 0.3) is 5.91 Å². The first kappa shape index (κ1) is 21.7. The molecule has 10 heteroatoms. The third-order valence-electron chi connectivity index (χ3n) is 5.29. The Morgan fingerprint density at radius 2 is 1.93 bits per heavy atom. The van der Waals surface area contributed by atoms with Crippen LogP contribution in [0.3, 0.4) is 0 Å². The van der Waals surface area contributed by atoms with E-state index in [-0.39, 0.29) is 15.5 Å². The highest BCUT2D eigenvalue weighted by Crippen LogP contribution is 2.38. The van der Waals surface area contributed by atoms with Crippen LogP contribution in [0.5, 0.6) is 0 Å². The summed E-state index contributed by atoms with van der Waals surface area (Å²) in [4.78, 5) is 17.4. The van der Waals surface area contributed by atoms with Gasteiger partial charge in [0.1, 0.15) is 5.54 Å². The monoisotopic (exact) mass is 440 g/mol. The van der Waals surface area contributed by atoms with E-state index in [1.165, 1.54) is 22.5 Å². The number of carbonyl (C=O) groups excluding carboxylic acids is 1. The summed E-state index contributed by atoms with van der Waals surface area (Å²) in [6, 6.07) is 4.18. The molecule has 1 heterocycles. The zero-order valence-corrected chi connectivity index (χ0v) is 18.3. The molecular formula is C19H25ClN4O4S. The van der Waals surface area contributed by atoms with Gasteiger partial charge in [-0.15, -0.1) is 0 Å². The van der Waals surface area contributed by atoms with Crippen LogP contribution in [-0.4, -0.2) is 41.9 Å². The second-order valence-corrected chi connectivity index (χ2v) is 9.46. The Labute approximate surface area is 175 Å². The quantitative estimate of drug-likeness (QED) is 0.708. The number of nitrogens with zero attached hydrogens (tertiary/aromatic N) is 3. The van der Waals surface area contributed by atoms with Crippen LogP contribution in [-0.2, 0) is 15.6 Å². The Bertz CT molecular complexity index is 995. The van der Waals surface area contributed by atoms with Gasteiger partial charge in [0, 0.05) is 20.0 Å². The molecule has 1 aromatic heterocycles. The van der Waals surface area contributed by atoms with Crippen molar-refractivity contribution in [1.82, 2.24) is 19.8 Å². The second kappa shape index (κ2) is 8.41. The van der Waals surface area contributed by atoms with Crippen molar-refractivity contribution in [2.45, 2.75) is 56.9 Å². The molecule has 1 aliphatic carbocycles. The molecule has 0 spiro atoms. The lowest BCUT2D eigenvalue weighted by Gasteiger charge is -2.27. The van der Waals surface area contributed by atoms with Gasteiger partial charge >= 0.3 is 0 Å². The van der Waals surface area contributed by atoms with Gasteiger partial charge in [-0.05, 0) is 31.0 Å². The van der Waals surface area contributed by atoms with Crippen LogP contribution in [0.4, 0.5) is 0 Å². The van der Waals surface area contributed by atoms with Gasteiger partial charge in [0.2, 0.25) is 15.9 Å². The smallest absolute Gasteiger partial charge is 0.253 e. The molecule has 1 saturated carbocycles. The van der Waals surface area contributed by atoms with E-state index in [0.29, 0.717) is 37.6 Å². The maximum Gasteiger partial charge on any atom is 0.253 e. The molecule has 0 aliphatic heterocycles. The van der Waals surface area contributed by atoms with E-state index >= 15 is 0 Å². The Hall–Kier alpha value is -1.97. The highest BCUT2D eigenvalue weighted by Gasteiger charge is 2.41. The van der Waals surface area contributed by atoms with Gasteiger partial charge in [0.05, 0.1) is 15.5 Å². The van der Waals surface area contributed by atoms with Crippen LogP contribution < -0.4 is 5.32 Å². The van der Waals surface area contributed by atoms with Gasteiger partial charge in [-0.3, -0.25) is 4.79 Å². The van der Waals surface area contributed by atoms with Crippen molar-refractivity contribution in [1.29, 1.82) is 0 Å². The van der Waals surface area contributed by atoms with E-state index in [0.717, 1.165) is 12.8 Å². The Morgan fingerprint density at radius 3 is 2.48 bits per heavy atom. The number of halogens is 1. The predicted octanol–water partition coefficient (Wildman–Crippen LogP) is 3.26. The molecule has 0 bridgehead atoms. The maximum absolute atomic E-state index is 13.1. The minimum atomic E-state index is -3.71. The molecular weight excluding hydrogens is 416 g/mol. The number of hydrogen-bond acceptors (Lipinski definition) is 6. The van der Waals surface area contributed by atoms with Crippen molar-refractivity contribution in [3.63, 3.8) is 0 Å². The summed E-state index contributed by atoms with van der Waals surface area (Å²) >= 11 is 6.25. The lowest BCUT2D eigenvalue weighted by molar-refractivity contribution is 0.0892. The lowest BCUT2D eigenvalue weighted by atomic mass is 9.96. The average Bonchev–Trinajstić information content (AvgIpc) is 3.32. The molecule has 0 saturated heterocycles. The van der Waals surface area contributed by atoms with Crippen LogP contribution in [0.1, 0.15) is 61.6 Å². The fourth-order valence-electron chi connectivity index (χ4n) is 3.71. The SMILES string of the molecule is CCN(CC)S(=O)(=O)c1ccc(Cl)c(C(=O)NC2(c3noc(C)n3)CCCC2)c1. The van der Waals surface area contributed by atoms with E-state index in [4.69, 9.17) is 16.1 Å². The Balaban J connectivity index is 1.95. The summed E-state index contributed by atoms with van der Waals surface area (Å²) in [5, 5.41) is 7.18. The van der Waals surface area contributed by atoms with Gasteiger partial charge in [-0.2, -0.15) is 9.29 Å². The van der Waals surface area contributed by atoms with E-state index < -0.39 is 21.5 Å². The summed E-state index contributed by atoms with van der Waals surface area (Å²) in [6.07, 6.45) is 3.18. The van der Waals surface area contributed by atoms with Gasteiger partial charge in [-0.25, -0.2) is 8.42 Å². The highest BCUT2D eigenvalue weighted by atomic mass is 35.5. The molecule has 1 fully saturated rings. The first-order chi connectivity index (χ1) is 13.7. The first-order valence-electron chi connectivity index (χ1n) is 9.66. The third kappa shape index (κ3) is 4.17. The molecule has 3 rings (SSSR count). The number of nitrogens with one attached hydrogen (secondary N) is 1. The molecule has 158 valence electrons. The largest absolute Gasteiger partial charge is 0.340 e. The molecule has 2 aromatic rings. The first-order valence-corrected chi connectivity index (χ1v) is 11.5. The highest BCUT2D eigenvalue weighted by molar-refractivity contribution is 7.89. The van der Waals surface area contributed by atoms with Crippen LogP contribution >= 0.6 is 11.6 Å². The number of aryl methyl sites for hydroxylation is 1. The molecule has 0 unspecified atom stereocenters. The number of amides is 1. The normalized spacial score (nSPS) is 16.3. The molecule has 1 N–H and O–H groups in total. The minimum Gasteiger partial charge on any atom is -0.340 e. The molecule has 1 aliphatic rings. The predicted molar refractivity (Wildman–Crippen MR) is 108 cm³/mol. The van der Waals surface area contributed by atoms with Crippen molar-refractivity contribution >= 4 is 27.5 Å². The Morgan fingerprint density at radius 1 is 1.28 bits per heavy atom. The zero-order valence-electron chi connectivity index (χ0n) is 16.7. The number of carbonyl (C=O) groups is 1. The summed E-state index contributed by atoms with van der Waals surface area (Å²) in [6.45, 7) is 5.90. The number of benzene rings is 1. The van der Waals surface area contributed by atoms with E-state index in [2.05, 4.69) is 15.5 Å². The van der Waals surface area contributed by atoms with Crippen molar-refractivity contribution in [2.75, 3.05) is 13.1 Å². The summed E-state index contributed by atoms with van der Waals surface area (Å²) in [5.41, 5.74) is -0.641. The zero-order chi connectivity index (χ0) is 21.2. The molecule has 8 nitrogen and oxygen atoms in total. The van der Waals surface area contributed by atoms with Gasteiger partial charge in [-0.1, -0.05) is 43.4 Å². The molecule has 0 radical (unpaired) electrons. The van der Waals surface area contributed by atoms with Crippen LogP contribution in [0, 0.1) is 6.92 Å². The average molecular weight is 441 g/mol. The third-order valence-corrected chi connectivity index (χ3v) is 7.67. The fourth-order valence-corrected chi connectivity index (χ4v) is 5.40. The van der Waals surface area contributed by atoms with Crippen molar-refractivity contribution in [3.8, 4) is 0 Å². The van der Waals surface area contributed by atoms with Gasteiger partial charge in [0.15, 0.2) is 5.82 Å². The lowest BCUT2D eigenvalue weighted by Crippen LogP contribution is -2.44. The van der Waals surface area contributed by atoms with Crippen LogP contribution in [0.15, 0.2) is 27.6 Å². The number of aromatic nitrogens is 2.